The van der Waals surface area contributed by atoms with Crippen LogP contribution in [0.15, 0.2) is 12.4 Å². The summed E-state index contributed by atoms with van der Waals surface area (Å²) in [6.07, 6.45) is 8.27. The highest BCUT2D eigenvalue weighted by Gasteiger charge is 2.40. The van der Waals surface area contributed by atoms with E-state index in [0.29, 0.717) is 18.1 Å². The molecule has 0 aliphatic carbocycles. The van der Waals surface area contributed by atoms with E-state index in [0.717, 1.165) is 24.4 Å². The van der Waals surface area contributed by atoms with E-state index < -0.39 is 0 Å². The maximum atomic E-state index is 6.07. The smallest absolute Gasteiger partial charge is 0.150 e. The molecule has 3 rings (SSSR count). The van der Waals surface area contributed by atoms with E-state index in [4.69, 9.17) is 5.73 Å². The topological polar surface area (TPSA) is 55.0 Å². The zero-order chi connectivity index (χ0) is 11.1. The molecule has 4 nitrogen and oxygen atoms in total. The molecule has 0 spiro atoms. The largest absolute Gasteiger partial charge is 0.349 e. The van der Waals surface area contributed by atoms with E-state index in [9.17, 15) is 0 Å². The van der Waals surface area contributed by atoms with Gasteiger partial charge in [-0.2, -0.15) is 0 Å². The summed E-state index contributed by atoms with van der Waals surface area (Å²) in [4.78, 5) is 11.3. The van der Waals surface area contributed by atoms with Crippen molar-refractivity contribution in [2.45, 2.75) is 50.7 Å². The van der Waals surface area contributed by atoms with Crippen LogP contribution in [0.3, 0.4) is 0 Å². The Labute approximate surface area is 95.9 Å². The van der Waals surface area contributed by atoms with Gasteiger partial charge in [0.2, 0.25) is 0 Å². The molecule has 2 fully saturated rings. The molecule has 2 unspecified atom stereocenters. The number of anilines is 1. The Balaban J connectivity index is 1.94. The summed E-state index contributed by atoms with van der Waals surface area (Å²) in [7, 11) is 0. The number of aromatic nitrogens is 2. The van der Waals surface area contributed by atoms with Crippen LogP contribution in [0.2, 0.25) is 0 Å². The molecular formula is C12H18N4. The van der Waals surface area contributed by atoms with Crippen molar-refractivity contribution in [1.29, 1.82) is 0 Å². The minimum absolute atomic E-state index is 0.380. The predicted octanol–water partition coefficient (Wildman–Crippen LogP) is 1.24. The van der Waals surface area contributed by atoms with Gasteiger partial charge in [-0.25, -0.2) is 4.98 Å². The van der Waals surface area contributed by atoms with Crippen molar-refractivity contribution in [2.24, 2.45) is 5.73 Å². The molecule has 2 bridgehead atoms. The number of nitrogens with zero attached hydrogens (tertiary/aromatic N) is 3. The van der Waals surface area contributed by atoms with E-state index in [1.165, 1.54) is 12.8 Å². The highest BCUT2D eigenvalue weighted by atomic mass is 15.3. The van der Waals surface area contributed by atoms with Crippen LogP contribution in [0.1, 0.15) is 31.4 Å². The van der Waals surface area contributed by atoms with Crippen LogP contribution in [0.4, 0.5) is 5.82 Å². The molecule has 0 aromatic carbocycles. The summed E-state index contributed by atoms with van der Waals surface area (Å²) in [5, 5.41) is 0. The highest BCUT2D eigenvalue weighted by Crippen LogP contribution is 2.38. The maximum Gasteiger partial charge on any atom is 0.150 e. The molecular weight excluding hydrogens is 200 g/mol. The van der Waals surface area contributed by atoms with E-state index in [1.54, 1.807) is 12.4 Å². The van der Waals surface area contributed by atoms with Gasteiger partial charge in [0, 0.05) is 30.5 Å². The molecule has 0 amide bonds. The molecule has 16 heavy (non-hydrogen) atoms. The van der Waals surface area contributed by atoms with Gasteiger partial charge in [-0.3, -0.25) is 4.98 Å². The Kier molecular flexibility index (Phi) is 2.32. The lowest BCUT2D eigenvalue weighted by molar-refractivity contribution is 0.411. The minimum atomic E-state index is 0.380. The fraction of sp³-hybridized carbons (Fsp3) is 0.667. The summed E-state index contributed by atoms with van der Waals surface area (Å²) in [5.74, 6) is 1.07. The van der Waals surface area contributed by atoms with Crippen LogP contribution < -0.4 is 10.6 Å². The fourth-order valence-electron chi connectivity index (χ4n) is 3.22. The standard InChI is InChI=1S/C12H18N4/c1-8-12(15-5-4-14-8)16-10-2-3-11(16)7-9(13)6-10/h4-5,9-11H,2-3,6-7,13H2,1H3. The molecule has 4 heteroatoms. The van der Waals surface area contributed by atoms with E-state index in [1.807, 2.05) is 6.92 Å². The van der Waals surface area contributed by atoms with Crippen molar-refractivity contribution in [1.82, 2.24) is 9.97 Å². The Morgan fingerprint density at radius 3 is 2.44 bits per heavy atom. The van der Waals surface area contributed by atoms with Crippen molar-refractivity contribution in [3.8, 4) is 0 Å². The quantitative estimate of drug-likeness (QED) is 0.770. The highest BCUT2D eigenvalue weighted by molar-refractivity contribution is 5.47. The van der Waals surface area contributed by atoms with Gasteiger partial charge in [-0.05, 0) is 32.6 Å². The predicted molar refractivity (Wildman–Crippen MR) is 63.3 cm³/mol. The second kappa shape index (κ2) is 3.70. The first-order valence-corrected chi connectivity index (χ1v) is 6.07. The molecule has 1 aromatic rings. The lowest BCUT2D eigenvalue weighted by Gasteiger charge is -2.38. The average Bonchev–Trinajstić information content (AvgIpc) is 2.53. The number of rotatable bonds is 1. The lowest BCUT2D eigenvalue weighted by atomic mass is 9.98. The van der Waals surface area contributed by atoms with E-state index in [2.05, 4.69) is 14.9 Å². The van der Waals surface area contributed by atoms with Gasteiger partial charge in [-0.15, -0.1) is 0 Å². The number of hydrogen-bond acceptors (Lipinski definition) is 4. The van der Waals surface area contributed by atoms with Crippen molar-refractivity contribution >= 4 is 5.82 Å². The van der Waals surface area contributed by atoms with E-state index in [-0.39, 0.29) is 0 Å². The first-order chi connectivity index (χ1) is 7.75. The van der Waals surface area contributed by atoms with Crippen LogP contribution in [-0.4, -0.2) is 28.1 Å². The van der Waals surface area contributed by atoms with Gasteiger partial charge in [0.1, 0.15) is 0 Å². The van der Waals surface area contributed by atoms with Crippen LogP contribution in [0.25, 0.3) is 0 Å². The zero-order valence-electron chi connectivity index (χ0n) is 9.63. The van der Waals surface area contributed by atoms with Gasteiger partial charge >= 0.3 is 0 Å². The Hall–Kier alpha value is -1.16. The maximum absolute atomic E-state index is 6.07. The first-order valence-electron chi connectivity index (χ1n) is 6.07. The molecule has 2 aliphatic rings. The third-order valence-electron chi connectivity index (χ3n) is 3.87. The number of hydrogen-bond donors (Lipinski definition) is 1. The normalized spacial score (nSPS) is 33.1. The summed E-state index contributed by atoms with van der Waals surface area (Å²) >= 11 is 0. The van der Waals surface area contributed by atoms with Crippen LogP contribution >= 0.6 is 0 Å². The monoisotopic (exact) mass is 218 g/mol. The Bertz CT molecular complexity index is 378. The summed E-state index contributed by atoms with van der Waals surface area (Å²) in [5.41, 5.74) is 7.11. The van der Waals surface area contributed by atoms with Gasteiger partial charge in [-0.1, -0.05) is 0 Å². The number of piperidine rings is 1. The molecule has 2 aliphatic heterocycles. The SMILES string of the molecule is Cc1nccnc1N1C2CCC1CC(N)C2. The number of aryl methyl sites for hydroxylation is 1. The average molecular weight is 218 g/mol. The van der Waals surface area contributed by atoms with Crippen LogP contribution in [0.5, 0.6) is 0 Å². The third kappa shape index (κ3) is 1.48. The van der Waals surface area contributed by atoms with Gasteiger partial charge in [0.25, 0.3) is 0 Å². The van der Waals surface area contributed by atoms with Crippen molar-refractivity contribution < 1.29 is 0 Å². The Morgan fingerprint density at radius 1 is 1.19 bits per heavy atom. The molecule has 0 saturated carbocycles. The second-order valence-electron chi connectivity index (χ2n) is 4.99. The van der Waals surface area contributed by atoms with Crippen LogP contribution in [0, 0.1) is 6.92 Å². The zero-order valence-corrected chi connectivity index (χ0v) is 9.63. The molecule has 2 N–H and O–H groups in total. The summed E-state index contributed by atoms with van der Waals surface area (Å²) in [6, 6.07) is 1.55. The van der Waals surface area contributed by atoms with Crippen molar-refractivity contribution in [3.05, 3.63) is 18.1 Å². The van der Waals surface area contributed by atoms with Gasteiger partial charge in [0.05, 0.1) is 5.69 Å². The van der Waals surface area contributed by atoms with Gasteiger partial charge in [0.15, 0.2) is 5.82 Å². The van der Waals surface area contributed by atoms with E-state index >= 15 is 0 Å². The molecule has 1 aromatic heterocycles. The Morgan fingerprint density at radius 2 is 1.81 bits per heavy atom. The summed E-state index contributed by atoms with van der Waals surface area (Å²) in [6.45, 7) is 2.04. The van der Waals surface area contributed by atoms with Gasteiger partial charge < -0.3 is 10.6 Å². The summed E-state index contributed by atoms with van der Waals surface area (Å²) < 4.78 is 0. The molecule has 2 saturated heterocycles. The number of nitrogens with two attached hydrogens (primary N) is 1. The lowest BCUT2D eigenvalue weighted by Crippen LogP contribution is -2.48. The van der Waals surface area contributed by atoms with Crippen molar-refractivity contribution in [3.63, 3.8) is 0 Å². The first kappa shape index (κ1) is 10.0. The fourth-order valence-corrected chi connectivity index (χ4v) is 3.22. The number of fused-ring (bicyclic) bond motifs is 2. The second-order valence-corrected chi connectivity index (χ2v) is 4.99. The molecule has 2 atom stereocenters. The van der Waals surface area contributed by atoms with Crippen molar-refractivity contribution in [2.75, 3.05) is 4.90 Å². The third-order valence-corrected chi connectivity index (χ3v) is 3.87. The molecule has 3 heterocycles. The minimum Gasteiger partial charge on any atom is -0.349 e. The molecule has 86 valence electrons. The molecule has 0 radical (unpaired) electrons. The van der Waals surface area contributed by atoms with Crippen LogP contribution in [-0.2, 0) is 0 Å².